The fourth-order valence-corrected chi connectivity index (χ4v) is 2.63. The fraction of sp³-hybridized carbons (Fsp3) is 0.350. The van der Waals surface area contributed by atoms with Crippen molar-refractivity contribution in [3.8, 4) is 11.5 Å². The van der Waals surface area contributed by atoms with Crippen LogP contribution in [-0.2, 0) is 4.79 Å². The number of nitrogen functional groups attached to an aromatic ring is 1. The van der Waals surface area contributed by atoms with Gasteiger partial charge in [-0.15, -0.1) is 12.4 Å². The van der Waals surface area contributed by atoms with Gasteiger partial charge in [-0.1, -0.05) is 19.9 Å². The van der Waals surface area contributed by atoms with Crippen LogP contribution in [-0.4, -0.2) is 19.1 Å². The molecule has 0 heterocycles. The molecule has 1 unspecified atom stereocenters. The number of anilines is 2. The molecule has 142 valence electrons. The quantitative estimate of drug-likeness (QED) is 0.724. The topological polar surface area (TPSA) is 73.6 Å². The Hall–Kier alpha value is -2.40. The van der Waals surface area contributed by atoms with Crippen LogP contribution < -0.4 is 20.5 Å². The molecule has 0 aliphatic rings. The number of methoxy groups -OCH3 is 1. The summed E-state index contributed by atoms with van der Waals surface area (Å²) in [5.41, 5.74) is 9.30. The summed E-state index contributed by atoms with van der Waals surface area (Å²) in [6.07, 6.45) is -0.657. The van der Waals surface area contributed by atoms with Crippen molar-refractivity contribution in [1.82, 2.24) is 0 Å². The lowest BCUT2D eigenvalue weighted by atomic mass is 9.98. The molecule has 0 spiro atoms. The summed E-state index contributed by atoms with van der Waals surface area (Å²) in [6, 6.07) is 11.0. The van der Waals surface area contributed by atoms with E-state index in [4.69, 9.17) is 15.2 Å². The first-order chi connectivity index (χ1) is 11.8. The number of halogens is 1. The van der Waals surface area contributed by atoms with E-state index in [1.165, 1.54) is 5.56 Å². The highest BCUT2D eigenvalue weighted by atomic mass is 35.5. The summed E-state index contributed by atoms with van der Waals surface area (Å²) >= 11 is 0. The summed E-state index contributed by atoms with van der Waals surface area (Å²) in [5.74, 6) is 1.47. The van der Waals surface area contributed by atoms with Crippen LogP contribution in [0, 0.1) is 6.92 Å². The zero-order valence-electron chi connectivity index (χ0n) is 15.8. The first-order valence-electron chi connectivity index (χ1n) is 8.33. The van der Waals surface area contributed by atoms with E-state index in [2.05, 4.69) is 19.2 Å². The van der Waals surface area contributed by atoms with Crippen LogP contribution >= 0.6 is 12.4 Å². The number of ether oxygens (including phenoxy) is 2. The zero-order chi connectivity index (χ0) is 18.6. The van der Waals surface area contributed by atoms with Crippen molar-refractivity contribution in [2.24, 2.45) is 0 Å². The van der Waals surface area contributed by atoms with E-state index in [1.807, 2.05) is 25.1 Å². The molecule has 26 heavy (non-hydrogen) atoms. The number of nitrogens with one attached hydrogen (secondary N) is 1. The lowest BCUT2D eigenvalue weighted by Gasteiger charge is -2.17. The highest BCUT2D eigenvalue weighted by molar-refractivity contribution is 5.97. The Morgan fingerprint density at radius 2 is 1.73 bits per heavy atom. The Kier molecular flexibility index (Phi) is 7.77. The molecule has 0 saturated carbocycles. The number of nitrogens with two attached hydrogens (primary N) is 1. The summed E-state index contributed by atoms with van der Waals surface area (Å²) < 4.78 is 10.9. The summed E-state index contributed by atoms with van der Waals surface area (Å²) in [6.45, 7) is 8.05. The monoisotopic (exact) mass is 378 g/mol. The average molecular weight is 379 g/mol. The van der Waals surface area contributed by atoms with Gasteiger partial charge in [-0.2, -0.15) is 0 Å². The van der Waals surface area contributed by atoms with Gasteiger partial charge < -0.3 is 20.5 Å². The Morgan fingerprint density at radius 3 is 2.31 bits per heavy atom. The van der Waals surface area contributed by atoms with Crippen LogP contribution in [0.1, 0.15) is 37.8 Å². The molecular formula is C20H27ClN2O3. The molecule has 0 saturated heterocycles. The molecule has 0 aliphatic carbocycles. The number of hydrogen-bond donors (Lipinski definition) is 2. The van der Waals surface area contributed by atoms with E-state index in [0.29, 0.717) is 28.8 Å². The van der Waals surface area contributed by atoms with E-state index >= 15 is 0 Å². The van der Waals surface area contributed by atoms with Crippen molar-refractivity contribution in [3.63, 3.8) is 0 Å². The zero-order valence-corrected chi connectivity index (χ0v) is 16.6. The van der Waals surface area contributed by atoms with Crippen LogP contribution in [0.3, 0.4) is 0 Å². The van der Waals surface area contributed by atoms with Gasteiger partial charge in [0, 0.05) is 6.07 Å². The van der Waals surface area contributed by atoms with Crippen molar-refractivity contribution in [2.45, 2.75) is 39.7 Å². The van der Waals surface area contributed by atoms with Gasteiger partial charge in [0.15, 0.2) is 6.10 Å². The molecule has 0 radical (unpaired) electrons. The van der Waals surface area contributed by atoms with Gasteiger partial charge in [0.1, 0.15) is 11.5 Å². The van der Waals surface area contributed by atoms with Gasteiger partial charge in [-0.05, 0) is 55.2 Å². The summed E-state index contributed by atoms with van der Waals surface area (Å²) in [4.78, 5) is 12.4. The fourth-order valence-electron chi connectivity index (χ4n) is 2.63. The van der Waals surface area contributed by atoms with Crippen LogP contribution in [0.2, 0.25) is 0 Å². The third-order valence-corrected chi connectivity index (χ3v) is 4.06. The molecule has 1 amide bonds. The molecular weight excluding hydrogens is 352 g/mol. The molecule has 1 atom stereocenters. The molecule has 0 bridgehead atoms. The van der Waals surface area contributed by atoms with Gasteiger partial charge in [0.25, 0.3) is 5.91 Å². The second-order valence-electron chi connectivity index (χ2n) is 6.38. The Labute approximate surface area is 161 Å². The lowest BCUT2D eigenvalue weighted by molar-refractivity contribution is -0.122. The summed E-state index contributed by atoms with van der Waals surface area (Å²) in [5, 5.41) is 2.78. The Balaban J connectivity index is 0.00000338. The minimum Gasteiger partial charge on any atom is -0.497 e. The van der Waals surface area contributed by atoms with E-state index < -0.39 is 6.10 Å². The third-order valence-electron chi connectivity index (χ3n) is 4.06. The van der Waals surface area contributed by atoms with Crippen molar-refractivity contribution < 1.29 is 14.3 Å². The maximum absolute atomic E-state index is 12.4. The van der Waals surface area contributed by atoms with Gasteiger partial charge in [0.2, 0.25) is 0 Å². The molecule has 0 fully saturated rings. The molecule has 0 aromatic heterocycles. The van der Waals surface area contributed by atoms with E-state index in [9.17, 15) is 4.79 Å². The Bertz CT molecular complexity index is 763. The number of carbonyl (C=O) groups excluding carboxylic acids is 1. The number of benzene rings is 2. The van der Waals surface area contributed by atoms with E-state index in [1.54, 1.807) is 32.2 Å². The highest BCUT2D eigenvalue weighted by Crippen LogP contribution is 2.26. The number of rotatable bonds is 6. The number of aryl methyl sites for hydroxylation is 1. The first-order valence-corrected chi connectivity index (χ1v) is 8.33. The van der Waals surface area contributed by atoms with Crippen molar-refractivity contribution in [1.29, 1.82) is 0 Å². The maximum Gasteiger partial charge on any atom is 0.265 e. The van der Waals surface area contributed by atoms with Crippen molar-refractivity contribution >= 4 is 29.7 Å². The Morgan fingerprint density at radius 1 is 1.08 bits per heavy atom. The highest BCUT2D eigenvalue weighted by Gasteiger charge is 2.17. The third kappa shape index (κ3) is 5.30. The molecule has 0 aliphatic heterocycles. The van der Waals surface area contributed by atoms with Crippen LogP contribution in [0.4, 0.5) is 11.4 Å². The number of carbonyl (C=O) groups is 1. The van der Waals surface area contributed by atoms with E-state index in [0.717, 1.165) is 5.56 Å². The second-order valence-corrected chi connectivity index (χ2v) is 6.38. The molecule has 2 aromatic carbocycles. The predicted octanol–water partition coefficient (Wildman–Crippen LogP) is 4.54. The molecule has 2 rings (SSSR count). The summed E-state index contributed by atoms with van der Waals surface area (Å²) in [7, 11) is 1.56. The minimum atomic E-state index is -0.657. The normalized spacial score (nSPS) is 11.5. The standard InChI is InChI=1S/C20H26N2O3.ClH/c1-12(2)17-8-6-16(10-13(17)3)25-14(4)20(23)22-19-11-15(24-5)7-9-18(19)21;/h6-12,14H,21H2,1-5H3,(H,22,23);1H. The smallest absolute Gasteiger partial charge is 0.265 e. The number of hydrogen-bond acceptors (Lipinski definition) is 4. The van der Waals surface area contributed by atoms with Gasteiger partial charge in [-0.3, -0.25) is 4.79 Å². The minimum absolute atomic E-state index is 0. The van der Waals surface area contributed by atoms with Gasteiger partial charge in [0.05, 0.1) is 18.5 Å². The van der Waals surface area contributed by atoms with Crippen molar-refractivity contribution in [2.75, 3.05) is 18.2 Å². The average Bonchev–Trinajstić information content (AvgIpc) is 2.56. The number of amides is 1. The van der Waals surface area contributed by atoms with Crippen LogP contribution in [0.5, 0.6) is 11.5 Å². The van der Waals surface area contributed by atoms with Gasteiger partial charge >= 0.3 is 0 Å². The largest absolute Gasteiger partial charge is 0.497 e. The lowest BCUT2D eigenvalue weighted by Crippen LogP contribution is -2.30. The van der Waals surface area contributed by atoms with Crippen LogP contribution in [0.15, 0.2) is 36.4 Å². The van der Waals surface area contributed by atoms with Crippen molar-refractivity contribution in [3.05, 3.63) is 47.5 Å². The molecule has 5 nitrogen and oxygen atoms in total. The van der Waals surface area contributed by atoms with E-state index in [-0.39, 0.29) is 18.3 Å². The second kappa shape index (κ2) is 9.34. The van der Waals surface area contributed by atoms with Gasteiger partial charge in [-0.25, -0.2) is 0 Å². The molecule has 3 N–H and O–H groups in total. The maximum atomic E-state index is 12.4. The van der Waals surface area contributed by atoms with Crippen LogP contribution in [0.25, 0.3) is 0 Å². The predicted molar refractivity (Wildman–Crippen MR) is 109 cm³/mol. The first kappa shape index (κ1) is 21.6. The SMILES string of the molecule is COc1ccc(N)c(NC(=O)C(C)Oc2ccc(C(C)C)c(C)c2)c1.Cl. The molecule has 6 heteroatoms. The molecule has 2 aromatic rings.